The van der Waals surface area contributed by atoms with Gasteiger partial charge in [0.25, 0.3) is 0 Å². The fourth-order valence-electron chi connectivity index (χ4n) is 3.39. The van der Waals surface area contributed by atoms with Gasteiger partial charge >= 0.3 is 0 Å². The van der Waals surface area contributed by atoms with E-state index >= 15 is 0 Å². The second-order valence-electron chi connectivity index (χ2n) is 7.75. The van der Waals surface area contributed by atoms with Crippen LogP contribution in [0.4, 0.5) is 5.82 Å². The molecule has 0 amide bonds. The van der Waals surface area contributed by atoms with Gasteiger partial charge in [-0.2, -0.15) is 5.10 Å². The summed E-state index contributed by atoms with van der Waals surface area (Å²) in [5.41, 5.74) is 9.66. The minimum atomic E-state index is -0.939. The number of hydrogen-bond acceptors (Lipinski definition) is 8. The maximum Gasteiger partial charge on any atom is 0.132 e. The Morgan fingerprint density at radius 2 is 2.11 bits per heavy atom. The summed E-state index contributed by atoms with van der Waals surface area (Å²) in [5.74, 6) is 1.64. The van der Waals surface area contributed by atoms with Crippen LogP contribution >= 0.6 is 0 Å². The van der Waals surface area contributed by atoms with Gasteiger partial charge in [0.05, 0.1) is 16.6 Å². The molecule has 4 heterocycles. The van der Waals surface area contributed by atoms with Gasteiger partial charge in [0.15, 0.2) is 0 Å². The Balaban J connectivity index is 1.60. The Morgan fingerprint density at radius 3 is 2.82 bits per heavy atom. The Labute approximate surface area is 164 Å². The Morgan fingerprint density at radius 1 is 1.29 bits per heavy atom. The first-order chi connectivity index (χ1) is 13.3. The van der Waals surface area contributed by atoms with Gasteiger partial charge in [-0.3, -0.25) is 15.4 Å². The van der Waals surface area contributed by atoms with Gasteiger partial charge in [0.2, 0.25) is 0 Å². The first-order valence-electron chi connectivity index (χ1n) is 9.26. The lowest BCUT2D eigenvalue weighted by Gasteiger charge is -2.25. The zero-order valence-electron chi connectivity index (χ0n) is 16.5. The van der Waals surface area contributed by atoms with Crippen molar-refractivity contribution in [3.63, 3.8) is 0 Å². The number of pyridine rings is 2. The molecule has 4 rings (SSSR count). The van der Waals surface area contributed by atoms with Crippen molar-refractivity contribution < 1.29 is 5.11 Å². The van der Waals surface area contributed by atoms with Crippen LogP contribution in [0.5, 0.6) is 0 Å². The zero-order chi connectivity index (χ0) is 19.9. The number of likely N-dealkylation sites (N-methyl/N-ethyl adjacent to an activating group) is 1. The highest BCUT2D eigenvalue weighted by atomic mass is 16.3. The van der Waals surface area contributed by atoms with E-state index in [1.165, 1.54) is 0 Å². The molecule has 0 spiro atoms. The van der Waals surface area contributed by atoms with Crippen LogP contribution in [0, 0.1) is 0 Å². The molecule has 28 heavy (non-hydrogen) atoms. The van der Waals surface area contributed by atoms with Crippen molar-refractivity contribution in [3.8, 4) is 0 Å². The normalized spacial score (nSPS) is 19.5. The van der Waals surface area contributed by atoms with Gasteiger partial charge in [0, 0.05) is 43.2 Å². The number of hydrazone groups is 1. The molecule has 0 saturated heterocycles. The monoisotopic (exact) mass is 379 g/mol. The highest BCUT2D eigenvalue weighted by Crippen LogP contribution is 2.26. The van der Waals surface area contributed by atoms with Crippen molar-refractivity contribution >= 4 is 22.6 Å². The van der Waals surface area contributed by atoms with Gasteiger partial charge in [-0.1, -0.05) is 0 Å². The fourth-order valence-corrected chi connectivity index (χ4v) is 3.39. The summed E-state index contributed by atoms with van der Waals surface area (Å²) in [6.07, 6.45) is 5.50. The largest absolute Gasteiger partial charge is 0.386 e. The smallest absolute Gasteiger partial charge is 0.132 e. The van der Waals surface area contributed by atoms with E-state index in [0.29, 0.717) is 11.6 Å². The van der Waals surface area contributed by atoms with Crippen LogP contribution in [0.3, 0.4) is 0 Å². The van der Waals surface area contributed by atoms with Crippen LogP contribution in [-0.4, -0.2) is 45.0 Å². The third-order valence-corrected chi connectivity index (χ3v) is 4.94. The number of fused-ring (bicyclic) bond motifs is 1. The van der Waals surface area contributed by atoms with E-state index in [2.05, 4.69) is 32.3 Å². The van der Waals surface area contributed by atoms with Gasteiger partial charge in [-0.25, -0.2) is 4.98 Å². The average Bonchev–Trinajstić information content (AvgIpc) is 2.99. The van der Waals surface area contributed by atoms with Crippen LogP contribution in [0.25, 0.3) is 11.0 Å². The number of rotatable bonds is 4. The molecule has 2 aliphatic rings. The molecule has 2 aliphatic heterocycles. The van der Waals surface area contributed by atoms with E-state index in [-0.39, 0.29) is 5.92 Å². The van der Waals surface area contributed by atoms with Crippen molar-refractivity contribution in [2.45, 2.75) is 32.3 Å². The molecule has 8 nitrogen and oxygen atoms in total. The highest BCUT2D eigenvalue weighted by Gasteiger charge is 2.24. The lowest BCUT2D eigenvalue weighted by atomic mass is 9.97. The van der Waals surface area contributed by atoms with Crippen molar-refractivity contribution in [3.05, 3.63) is 53.6 Å². The molecule has 4 N–H and O–H groups in total. The molecule has 146 valence electrons. The summed E-state index contributed by atoms with van der Waals surface area (Å²) in [7, 11) is 1.98. The number of anilines is 1. The van der Waals surface area contributed by atoms with E-state index in [0.717, 1.165) is 34.4 Å². The molecule has 0 aliphatic carbocycles. The lowest BCUT2D eigenvalue weighted by Crippen LogP contribution is -2.36. The Bertz CT molecular complexity index is 1000. The van der Waals surface area contributed by atoms with Gasteiger partial charge < -0.3 is 15.8 Å². The van der Waals surface area contributed by atoms with Crippen molar-refractivity contribution in [1.82, 2.24) is 25.8 Å². The van der Waals surface area contributed by atoms with Crippen LogP contribution in [0.2, 0.25) is 0 Å². The highest BCUT2D eigenvalue weighted by molar-refractivity contribution is 5.91. The van der Waals surface area contributed by atoms with E-state index < -0.39 is 5.60 Å². The third kappa shape index (κ3) is 3.63. The molecule has 1 atom stereocenters. The Kier molecular flexibility index (Phi) is 4.43. The molecule has 0 fully saturated rings. The standard InChI is InChI=1S/C20H25N7O/c1-12-15(11-27(4)26-12)13-7-17-16(21-9-13)5-6-18(23-17)24-19-8-14(10-22-25-19)20(2,3)28/h5-10,15,22,25,28H,11H2,1-4H3,(H,23,24). The number of hydrazine groups is 1. The molecule has 1 unspecified atom stereocenters. The molecular weight excluding hydrogens is 354 g/mol. The number of nitrogens with one attached hydrogen (secondary N) is 3. The minimum Gasteiger partial charge on any atom is -0.386 e. The number of aromatic nitrogens is 2. The van der Waals surface area contributed by atoms with Gasteiger partial charge in [-0.05, 0) is 50.6 Å². The summed E-state index contributed by atoms with van der Waals surface area (Å²) in [6, 6.07) is 5.91. The first kappa shape index (κ1) is 18.2. The second-order valence-corrected chi connectivity index (χ2v) is 7.75. The van der Waals surface area contributed by atoms with Gasteiger partial charge in [-0.15, -0.1) is 0 Å². The first-order valence-corrected chi connectivity index (χ1v) is 9.26. The number of nitrogens with zero attached hydrogens (tertiary/aromatic N) is 4. The molecule has 8 heteroatoms. The van der Waals surface area contributed by atoms with Crippen LogP contribution in [0.15, 0.2) is 53.2 Å². The zero-order valence-corrected chi connectivity index (χ0v) is 16.5. The van der Waals surface area contributed by atoms with E-state index in [1.807, 2.05) is 43.4 Å². The maximum absolute atomic E-state index is 10.2. The minimum absolute atomic E-state index is 0.242. The second kappa shape index (κ2) is 6.79. The predicted octanol–water partition coefficient (Wildman–Crippen LogP) is 2.05. The van der Waals surface area contributed by atoms with Gasteiger partial charge in [0.1, 0.15) is 11.6 Å². The Hall–Kier alpha value is -3.13. The lowest BCUT2D eigenvalue weighted by molar-refractivity contribution is 0.122. The van der Waals surface area contributed by atoms with E-state index in [9.17, 15) is 5.11 Å². The SMILES string of the molecule is CC1=NN(C)CC1c1cnc2ccc(NC3=CC(C(C)(C)O)=CNN3)nc2c1. The van der Waals surface area contributed by atoms with Crippen LogP contribution < -0.4 is 16.2 Å². The average molecular weight is 379 g/mol. The molecule has 2 aromatic heterocycles. The van der Waals surface area contributed by atoms with E-state index in [1.54, 1.807) is 20.0 Å². The fraction of sp³-hybridized carbons (Fsp3) is 0.350. The summed E-state index contributed by atoms with van der Waals surface area (Å²) in [4.78, 5) is 9.28. The quantitative estimate of drug-likeness (QED) is 0.645. The van der Waals surface area contributed by atoms with Crippen LogP contribution in [0.1, 0.15) is 32.3 Å². The summed E-state index contributed by atoms with van der Waals surface area (Å²) >= 11 is 0. The third-order valence-electron chi connectivity index (χ3n) is 4.94. The molecule has 0 saturated carbocycles. The predicted molar refractivity (Wildman–Crippen MR) is 110 cm³/mol. The molecule has 0 aromatic carbocycles. The molecule has 2 aromatic rings. The number of aliphatic hydroxyl groups is 1. The molecule has 0 bridgehead atoms. The topological polar surface area (TPSA) is 97.7 Å². The molecular formula is C20H25N7O. The maximum atomic E-state index is 10.2. The van der Waals surface area contributed by atoms with Crippen molar-refractivity contribution in [2.24, 2.45) is 5.10 Å². The van der Waals surface area contributed by atoms with Crippen molar-refractivity contribution in [2.75, 3.05) is 18.9 Å². The molecule has 0 radical (unpaired) electrons. The van der Waals surface area contributed by atoms with Crippen LogP contribution in [-0.2, 0) is 0 Å². The number of hydrogen-bond donors (Lipinski definition) is 4. The summed E-state index contributed by atoms with van der Waals surface area (Å²) in [6.45, 7) is 6.39. The summed E-state index contributed by atoms with van der Waals surface area (Å²) < 4.78 is 0. The summed E-state index contributed by atoms with van der Waals surface area (Å²) in [5, 5.41) is 19.9. The van der Waals surface area contributed by atoms with E-state index in [4.69, 9.17) is 4.98 Å². The van der Waals surface area contributed by atoms with Crippen molar-refractivity contribution in [1.29, 1.82) is 0 Å².